The molecule has 4 aromatic rings. The lowest BCUT2D eigenvalue weighted by Gasteiger charge is -2.28. The zero-order chi connectivity index (χ0) is 25.7. The third-order valence-corrected chi connectivity index (χ3v) is 6.64. The maximum absolute atomic E-state index is 13.9. The first-order chi connectivity index (χ1) is 18.1. The van der Waals surface area contributed by atoms with E-state index in [0.717, 1.165) is 16.0 Å². The molecular formula is C31H27N3O3. The summed E-state index contributed by atoms with van der Waals surface area (Å²) >= 11 is 0. The van der Waals surface area contributed by atoms with Crippen molar-refractivity contribution in [3.05, 3.63) is 144 Å². The van der Waals surface area contributed by atoms with Crippen LogP contribution in [0.3, 0.4) is 0 Å². The van der Waals surface area contributed by atoms with Crippen LogP contribution in [0.5, 0.6) is 0 Å². The summed E-state index contributed by atoms with van der Waals surface area (Å²) in [7, 11) is 0. The van der Waals surface area contributed by atoms with Crippen molar-refractivity contribution in [2.75, 3.05) is 6.54 Å². The van der Waals surface area contributed by atoms with E-state index in [4.69, 9.17) is 0 Å². The fourth-order valence-corrected chi connectivity index (χ4v) is 4.82. The Labute approximate surface area is 215 Å². The van der Waals surface area contributed by atoms with E-state index in [0.29, 0.717) is 17.5 Å². The Balaban J connectivity index is 1.40. The molecule has 0 spiro atoms. The topological polar surface area (TPSA) is 78.5 Å². The molecule has 1 fully saturated rings. The molecule has 1 unspecified atom stereocenters. The Morgan fingerprint density at radius 1 is 0.730 bits per heavy atom. The van der Waals surface area contributed by atoms with Gasteiger partial charge in [0.25, 0.3) is 5.91 Å². The van der Waals surface area contributed by atoms with E-state index in [-0.39, 0.29) is 12.6 Å². The van der Waals surface area contributed by atoms with Gasteiger partial charge in [0.1, 0.15) is 6.54 Å². The van der Waals surface area contributed by atoms with Crippen LogP contribution in [0, 0.1) is 0 Å². The van der Waals surface area contributed by atoms with Gasteiger partial charge >= 0.3 is 6.03 Å². The van der Waals surface area contributed by atoms with Gasteiger partial charge < -0.3 is 10.6 Å². The zero-order valence-electron chi connectivity index (χ0n) is 20.2. The lowest BCUT2D eigenvalue weighted by Crippen LogP contribution is -2.46. The van der Waals surface area contributed by atoms with E-state index in [1.807, 2.05) is 97.1 Å². The summed E-state index contributed by atoms with van der Waals surface area (Å²) < 4.78 is 0. The van der Waals surface area contributed by atoms with Gasteiger partial charge in [0.05, 0.1) is 6.04 Å². The van der Waals surface area contributed by atoms with Crippen LogP contribution in [0.25, 0.3) is 0 Å². The number of hydrogen-bond donors (Lipinski definition) is 2. The Hall–Kier alpha value is -4.71. The minimum atomic E-state index is -1.40. The Morgan fingerprint density at radius 2 is 1.22 bits per heavy atom. The van der Waals surface area contributed by atoms with Crippen molar-refractivity contribution >= 4 is 17.8 Å². The lowest BCUT2D eigenvalue weighted by molar-refractivity contribution is -0.134. The molecule has 6 heteroatoms. The highest BCUT2D eigenvalue weighted by Crippen LogP contribution is 2.36. The molecule has 6 nitrogen and oxygen atoms in total. The molecule has 2 N–H and O–H groups in total. The number of amides is 4. The average Bonchev–Trinajstić information content (AvgIpc) is 3.20. The summed E-state index contributed by atoms with van der Waals surface area (Å²) in [6, 6.07) is 36.9. The van der Waals surface area contributed by atoms with Gasteiger partial charge in [0.15, 0.2) is 5.54 Å². The summed E-state index contributed by atoms with van der Waals surface area (Å²) in [6.45, 7) is -0.385. The van der Waals surface area contributed by atoms with Crippen molar-refractivity contribution < 1.29 is 14.4 Å². The number of hydrogen-bond acceptors (Lipinski definition) is 3. The van der Waals surface area contributed by atoms with Crippen LogP contribution < -0.4 is 10.6 Å². The molecule has 37 heavy (non-hydrogen) atoms. The van der Waals surface area contributed by atoms with E-state index in [1.165, 1.54) is 0 Å². The van der Waals surface area contributed by atoms with Crippen LogP contribution in [0.4, 0.5) is 4.79 Å². The number of nitrogens with one attached hydrogen (secondary N) is 2. The highest BCUT2D eigenvalue weighted by molar-refractivity contribution is 6.11. The summed E-state index contributed by atoms with van der Waals surface area (Å²) in [4.78, 5) is 41.3. The molecule has 4 aromatic carbocycles. The minimum Gasteiger partial charge on any atom is -0.347 e. The summed E-state index contributed by atoms with van der Waals surface area (Å²) in [5, 5.41) is 5.93. The third kappa shape index (κ3) is 4.86. The molecule has 0 radical (unpaired) electrons. The van der Waals surface area contributed by atoms with Crippen LogP contribution in [0.1, 0.15) is 28.3 Å². The summed E-state index contributed by atoms with van der Waals surface area (Å²) in [6.07, 6.45) is 0.578. The fourth-order valence-electron chi connectivity index (χ4n) is 4.82. The summed E-state index contributed by atoms with van der Waals surface area (Å²) in [5.41, 5.74) is 1.88. The van der Waals surface area contributed by atoms with Crippen molar-refractivity contribution in [2.24, 2.45) is 0 Å². The average molecular weight is 490 g/mol. The number of carbonyl (C=O) groups excluding carboxylic acids is 3. The molecule has 1 aliphatic rings. The number of carbonyl (C=O) groups is 3. The highest BCUT2D eigenvalue weighted by Gasteiger charge is 2.54. The van der Waals surface area contributed by atoms with Gasteiger partial charge in [0.2, 0.25) is 5.91 Å². The van der Waals surface area contributed by atoms with Gasteiger partial charge in [-0.2, -0.15) is 0 Å². The molecule has 1 aliphatic heterocycles. The van der Waals surface area contributed by atoms with Crippen LogP contribution in [0.2, 0.25) is 0 Å². The van der Waals surface area contributed by atoms with Crippen molar-refractivity contribution in [3.63, 3.8) is 0 Å². The monoisotopic (exact) mass is 489 g/mol. The van der Waals surface area contributed by atoms with Gasteiger partial charge in [-0.25, -0.2) is 4.79 Å². The number of rotatable bonds is 8. The predicted octanol–water partition coefficient (Wildman–Crippen LogP) is 4.58. The van der Waals surface area contributed by atoms with E-state index in [9.17, 15) is 14.4 Å². The minimum absolute atomic E-state index is 0.315. The number of imide groups is 1. The number of urea groups is 1. The van der Waals surface area contributed by atoms with Gasteiger partial charge in [-0.3, -0.25) is 14.5 Å². The first-order valence-electron chi connectivity index (χ1n) is 12.2. The van der Waals surface area contributed by atoms with Crippen LogP contribution in [-0.2, 0) is 21.5 Å². The third-order valence-electron chi connectivity index (χ3n) is 6.64. The first-order valence-corrected chi connectivity index (χ1v) is 12.2. The van der Waals surface area contributed by atoms with Crippen LogP contribution in [0.15, 0.2) is 121 Å². The van der Waals surface area contributed by atoms with Gasteiger partial charge in [-0.15, -0.1) is 0 Å². The normalized spacial score (nSPS) is 15.2. The second-order valence-electron chi connectivity index (χ2n) is 9.02. The van der Waals surface area contributed by atoms with E-state index in [1.54, 1.807) is 24.3 Å². The van der Waals surface area contributed by atoms with Crippen LogP contribution >= 0.6 is 0 Å². The SMILES string of the molecule is O=C(CN1C(=O)NC(c2ccccc2)(c2ccccc2)C1=O)NC(Cc1ccccc1)c1ccccc1. The predicted molar refractivity (Wildman–Crippen MR) is 141 cm³/mol. The molecule has 0 saturated carbocycles. The van der Waals surface area contributed by atoms with E-state index >= 15 is 0 Å². The maximum Gasteiger partial charge on any atom is 0.326 e. The Kier molecular flexibility index (Phi) is 6.81. The van der Waals surface area contributed by atoms with Gasteiger partial charge in [0, 0.05) is 0 Å². The molecule has 1 atom stereocenters. The lowest BCUT2D eigenvalue weighted by atomic mass is 9.82. The first kappa shape index (κ1) is 24.0. The second kappa shape index (κ2) is 10.5. The fraction of sp³-hybridized carbons (Fsp3) is 0.129. The molecule has 5 rings (SSSR count). The van der Waals surface area contributed by atoms with Crippen molar-refractivity contribution in [1.29, 1.82) is 0 Å². The van der Waals surface area contributed by atoms with E-state index < -0.39 is 23.4 Å². The smallest absolute Gasteiger partial charge is 0.326 e. The largest absolute Gasteiger partial charge is 0.347 e. The standard InChI is InChI=1S/C31H27N3O3/c35-28(32-27(24-15-7-2-8-16-24)21-23-13-5-1-6-14-23)22-34-29(36)31(33-30(34)37,25-17-9-3-10-18-25)26-19-11-4-12-20-26/h1-20,27H,21-22H2,(H,32,35)(H,33,37). The second-order valence-corrected chi connectivity index (χ2v) is 9.02. The molecule has 0 aliphatic carbocycles. The molecule has 0 aromatic heterocycles. The maximum atomic E-state index is 13.9. The van der Waals surface area contributed by atoms with Crippen molar-refractivity contribution in [1.82, 2.24) is 15.5 Å². The molecule has 1 heterocycles. The zero-order valence-corrected chi connectivity index (χ0v) is 20.2. The van der Waals surface area contributed by atoms with Gasteiger partial charge in [-0.05, 0) is 28.7 Å². The van der Waals surface area contributed by atoms with Crippen molar-refractivity contribution in [3.8, 4) is 0 Å². The molecular weight excluding hydrogens is 462 g/mol. The molecule has 4 amide bonds. The van der Waals surface area contributed by atoms with Gasteiger partial charge in [-0.1, -0.05) is 121 Å². The highest BCUT2D eigenvalue weighted by atomic mass is 16.2. The number of benzene rings is 4. The molecule has 0 bridgehead atoms. The van der Waals surface area contributed by atoms with Crippen molar-refractivity contribution in [2.45, 2.75) is 18.0 Å². The number of nitrogens with zero attached hydrogens (tertiary/aromatic N) is 1. The molecule has 184 valence electrons. The van der Waals surface area contributed by atoms with E-state index in [2.05, 4.69) is 10.6 Å². The Morgan fingerprint density at radius 3 is 1.76 bits per heavy atom. The van der Waals surface area contributed by atoms with Crippen LogP contribution in [-0.4, -0.2) is 29.3 Å². The quantitative estimate of drug-likeness (QED) is 0.356. The summed E-state index contributed by atoms with van der Waals surface area (Å²) in [5.74, 6) is -0.894. The Bertz CT molecular complexity index is 1340. The molecule has 1 saturated heterocycles.